The van der Waals surface area contributed by atoms with Crippen LogP contribution < -0.4 is 10.2 Å². The van der Waals surface area contributed by atoms with Crippen molar-refractivity contribution in [1.82, 2.24) is 20.3 Å². The molecule has 1 amide bonds. The summed E-state index contributed by atoms with van der Waals surface area (Å²) in [4.78, 5) is 49.6. The maximum Gasteiger partial charge on any atom is 0.356 e. The van der Waals surface area contributed by atoms with Crippen molar-refractivity contribution in [1.29, 1.82) is 0 Å². The lowest BCUT2D eigenvalue weighted by Crippen LogP contribution is -2.55. The van der Waals surface area contributed by atoms with Crippen LogP contribution in [0.15, 0.2) is 0 Å². The molecule has 0 aliphatic carbocycles. The number of imidazole rings is 1. The first-order valence-electron chi connectivity index (χ1n) is 11.1. The average molecular weight is 514 g/mol. The number of hydrogen-bond acceptors (Lipinski definition) is 9. The van der Waals surface area contributed by atoms with Crippen LogP contribution in [0.2, 0.25) is 5.15 Å². The lowest BCUT2D eigenvalue weighted by atomic mass is 10.0. The Balaban J connectivity index is 1.77. The first-order valence-corrected chi connectivity index (χ1v) is 12.3. The third kappa shape index (κ3) is 5.86. The first kappa shape index (κ1) is 25.9. The fourth-order valence-electron chi connectivity index (χ4n) is 3.58. The Bertz CT molecular complexity index is 1040. The molecule has 2 aromatic rings. The predicted molar refractivity (Wildman–Crippen MR) is 126 cm³/mol. The SMILES string of the molecule is CCCO[C@H]1CN(c2nc(C(=O)O)c(C(=O)OCC)s2)CC[C@H]1NC(=O)c1nc(Cl)c(CC)[nH]1. The van der Waals surface area contributed by atoms with Crippen LogP contribution in [-0.4, -0.2) is 76.4 Å². The van der Waals surface area contributed by atoms with Crippen LogP contribution in [-0.2, 0) is 15.9 Å². The second kappa shape index (κ2) is 11.6. The summed E-state index contributed by atoms with van der Waals surface area (Å²) in [6, 6.07) is -0.298. The van der Waals surface area contributed by atoms with E-state index in [0.29, 0.717) is 43.4 Å². The number of ether oxygens (including phenoxy) is 2. The minimum atomic E-state index is -1.30. The number of aryl methyl sites for hydroxylation is 1. The molecule has 186 valence electrons. The monoisotopic (exact) mass is 513 g/mol. The highest BCUT2D eigenvalue weighted by Gasteiger charge is 2.35. The Kier molecular flexibility index (Phi) is 8.86. The zero-order valence-electron chi connectivity index (χ0n) is 19.2. The molecule has 2 atom stereocenters. The van der Waals surface area contributed by atoms with Crippen molar-refractivity contribution < 1.29 is 29.0 Å². The maximum absolute atomic E-state index is 12.8. The van der Waals surface area contributed by atoms with E-state index < -0.39 is 11.9 Å². The van der Waals surface area contributed by atoms with Gasteiger partial charge in [-0.2, -0.15) is 0 Å². The maximum atomic E-state index is 12.8. The molecule has 0 radical (unpaired) electrons. The zero-order chi connectivity index (χ0) is 24.8. The van der Waals surface area contributed by atoms with Crippen LogP contribution in [0.5, 0.6) is 0 Å². The van der Waals surface area contributed by atoms with Crippen molar-refractivity contribution in [2.24, 2.45) is 0 Å². The van der Waals surface area contributed by atoms with E-state index in [1.807, 2.05) is 18.7 Å². The topological polar surface area (TPSA) is 147 Å². The number of esters is 1. The molecule has 3 heterocycles. The molecule has 2 aromatic heterocycles. The largest absolute Gasteiger partial charge is 0.476 e. The van der Waals surface area contributed by atoms with E-state index in [1.54, 1.807) is 6.92 Å². The molecular weight excluding hydrogens is 486 g/mol. The molecule has 1 aliphatic rings. The Hall–Kier alpha value is -2.70. The molecule has 0 saturated carbocycles. The number of halogens is 1. The summed E-state index contributed by atoms with van der Waals surface area (Å²) in [6.07, 6.45) is 1.56. The van der Waals surface area contributed by atoms with Gasteiger partial charge in [0.25, 0.3) is 5.91 Å². The van der Waals surface area contributed by atoms with Crippen molar-refractivity contribution in [2.75, 3.05) is 31.2 Å². The molecule has 1 aliphatic heterocycles. The van der Waals surface area contributed by atoms with Gasteiger partial charge in [0.15, 0.2) is 21.8 Å². The number of rotatable bonds is 10. The number of carbonyl (C=O) groups excluding carboxylic acids is 2. The summed E-state index contributed by atoms with van der Waals surface area (Å²) < 4.78 is 11.0. The molecule has 0 aromatic carbocycles. The number of nitrogens with one attached hydrogen (secondary N) is 2. The number of carboxylic acids is 1. The van der Waals surface area contributed by atoms with Crippen LogP contribution in [0.3, 0.4) is 0 Å². The quantitative estimate of drug-likeness (QED) is 0.408. The highest BCUT2D eigenvalue weighted by molar-refractivity contribution is 7.17. The molecule has 0 bridgehead atoms. The molecule has 13 heteroatoms. The van der Waals surface area contributed by atoms with Crippen molar-refractivity contribution in [3.05, 3.63) is 27.2 Å². The summed E-state index contributed by atoms with van der Waals surface area (Å²) in [5.41, 5.74) is 0.358. The van der Waals surface area contributed by atoms with Crippen LogP contribution in [0.1, 0.15) is 70.1 Å². The number of H-pyrrole nitrogens is 1. The highest BCUT2D eigenvalue weighted by Crippen LogP contribution is 2.30. The lowest BCUT2D eigenvalue weighted by molar-refractivity contribution is 0.0204. The normalized spacial score (nSPS) is 18.1. The molecule has 34 heavy (non-hydrogen) atoms. The second-order valence-corrected chi connectivity index (χ2v) is 8.97. The first-order chi connectivity index (χ1) is 16.3. The number of aromatic carboxylic acids is 1. The van der Waals surface area contributed by atoms with E-state index in [-0.39, 0.29) is 46.2 Å². The van der Waals surface area contributed by atoms with Gasteiger partial charge in [0.1, 0.15) is 4.88 Å². The van der Waals surface area contributed by atoms with Gasteiger partial charge in [-0.05, 0) is 26.2 Å². The minimum Gasteiger partial charge on any atom is -0.476 e. The van der Waals surface area contributed by atoms with Crippen molar-refractivity contribution in [3.8, 4) is 0 Å². The summed E-state index contributed by atoms with van der Waals surface area (Å²) in [7, 11) is 0. The number of aromatic nitrogens is 3. The molecule has 1 saturated heterocycles. The van der Waals surface area contributed by atoms with E-state index in [4.69, 9.17) is 21.1 Å². The van der Waals surface area contributed by atoms with E-state index >= 15 is 0 Å². The average Bonchev–Trinajstić information content (AvgIpc) is 3.42. The fourth-order valence-corrected chi connectivity index (χ4v) is 4.84. The summed E-state index contributed by atoms with van der Waals surface area (Å²) in [5.74, 6) is -2.25. The van der Waals surface area contributed by atoms with E-state index in [1.165, 1.54) is 0 Å². The molecule has 0 spiro atoms. The molecule has 1 fully saturated rings. The third-order valence-electron chi connectivity index (χ3n) is 5.26. The number of aromatic amines is 1. The standard InChI is InChI=1S/C21H28ClN5O6S/c1-4-9-33-13-10-27(21-25-14(19(29)30)15(34-21)20(31)32-6-3)8-7-12(13)24-18(28)17-23-11(5-2)16(22)26-17/h12-13H,4-10H2,1-3H3,(H,23,26)(H,24,28)(H,29,30)/t12-,13+/m1/s1. The van der Waals surface area contributed by atoms with E-state index in [2.05, 4.69) is 20.3 Å². The highest BCUT2D eigenvalue weighted by atomic mass is 35.5. The van der Waals surface area contributed by atoms with Gasteiger partial charge in [-0.25, -0.2) is 19.6 Å². The number of thiazole rings is 1. The molecule has 3 N–H and O–H groups in total. The van der Waals surface area contributed by atoms with Crippen molar-refractivity contribution in [3.63, 3.8) is 0 Å². The summed E-state index contributed by atoms with van der Waals surface area (Å²) in [6.45, 7) is 7.00. The predicted octanol–water partition coefficient (Wildman–Crippen LogP) is 2.76. The van der Waals surface area contributed by atoms with Crippen molar-refractivity contribution >= 4 is 45.9 Å². The van der Waals surface area contributed by atoms with Crippen molar-refractivity contribution in [2.45, 2.75) is 52.2 Å². The summed E-state index contributed by atoms with van der Waals surface area (Å²) in [5, 5.41) is 13.1. The Morgan fingerprint density at radius 3 is 2.68 bits per heavy atom. The van der Waals surface area contributed by atoms with Crippen LogP contribution >= 0.6 is 22.9 Å². The van der Waals surface area contributed by atoms with Gasteiger partial charge >= 0.3 is 11.9 Å². The number of piperidine rings is 1. The van der Waals surface area contributed by atoms with Crippen LogP contribution in [0, 0.1) is 0 Å². The Morgan fingerprint density at radius 1 is 1.29 bits per heavy atom. The Morgan fingerprint density at radius 2 is 2.06 bits per heavy atom. The lowest BCUT2D eigenvalue weighted by Gasteiger charge is -2.38. The third-order valence-corrected chi connectivity index (χ3v) is 6.67. The molecule has 3 rings (SSSR count). The number of amides is 1. The number of nitrogens with zero attached hydrogens (tertiary/aromatic N) is 3. The van der Waals surface area contributed by atoms with Gasteiger partial charge in [0.05, 0.1) is 24.4 Å². The number of anilines is 1. The van der Waals surface area contributed by atoms with E-state index in [0.717, 1.165) is 17.8 Å². The van der Waals surface area contributed by atoms with Gasteiger partial charge in [-0.3, -0.25) is 4.79 Å². The van der Waals surface area contributed by atoms with Gasteiger partial charge in [-0.1, -0.05) is 36.8 Å². The van der Waals surface area contributed by atoms with Gasteiger partial charge in [0, 0.05) is 19.7 Å². The van der Waals surface area contributed by atoms with Gasteiger partial charge in [-0.15, -0.1) is 0 Å². The Labute approximate surface area is 205 Å². The number of carbonyl (C=O) groups is 3. The van der Waals surface area contributed by atoms with Gasteiger partial charge < -0.3 is 29.8 Å². The number of carboxylic acid groups (broad SMARTS) is 1. The molecule has 0 unspecified atom stereocenters. The van der Waals surface area contributed by atoms with Crippen LogP contribution in [0.25, 0.3) is 0 Å². The molecular formula is C21H28ClN5O6S. The number of hydrogen-bond donors (Lipinski definition) is 3. The minimum absolute atomic E-state index is 0.0489. The molecule has 11 nitrogen and oxygen atoms in total. The van der Waals surface area contributed by atoms with Gasteiger partial charge in [0.2, 0.25) is 0 Å². The fraction of sp³-hybridized carbons (Fsp3) is 0.571. The smallest absolute Gasteiger partial charge is 0.356 e. The zero-order valence-corrected chi connectivity index (χ0v) is 20.8. The van der Waals surface area contributed by atoms with E-state index in [9.17, 15) is 19.5 Å². The second-order valence-electron chi connectivity index (χ2n) is 7.63. The summed E-state index contributed by atoms with van der Waals surface area (Å²) >= 11 is 7.03. The van der Waals surface area contributed by atoms with Crippen LogP contribution in [0.4, 0.5) is 5.13 Å².